The van der Waals surface area contributed by atoms with Crippen molar-refractivity contribution in [2.45, 2.75) is 19.4 Å². The topological polar surface area (TPSA) is 44.8 Å². The summed E-state index contributed by atoms with van der Waals surface area (Å²) in [6.07, 6.45) is -4.82. The van der Waals surface area contributed by atoms with Crippen molar-refractivity contribution < 1.29 is 32.2 Å². The van der Waals surface area contributed by atoms with Crippen molar-refractivity contribution in [3.63, 3.8) is 0 Å². The van der Waals surface area contributed by atoms with Gasteiger partial charge in [-0.3, -0.25) is 0 Å². The fourth-order valence-electron chi connectivity index (χ4n) is 2.84. The van der Waals surface area contributed by atoms with Crippen LogP contribution in [0.4, 0.5) is 13.2 Å². The van der Waals surface area contributed by atoms with E-state index in [1.165, 1.54) is 6.07 Å². The standard InChI is InChI=1S/C23H19F3O4/c1-28-22(27)18-12-13-19(29-14-16-8-4-2-5-9-16)20(23(24,25)26)21(18)30-15-17-10-6-3-7-11-17/h2-13H,14-15H2,1H3. The summed E-state index contributed by atoms with van der Waals surface area (Å²) in [6, 6.07) is 19.8. The molecule has 4 nitrogen and oxygen atoms in total. The molecular formula is C23H19F3O4. The van der Waals surface area contributed by atoms with E-state index in [9.17, 15) is 18.0 Å². The lowest BCUT2D eigenvalue weighted by Gasteiger charge is -2.20. The van der Waals surface area contributed by atoms with Gasteiger partial charge in [-0.2, -0.15) is 13.2 Å². The van der Waals surface area contributed by atoms with Crippen LogP contribution in [0.3, 0.4) is 0 Å². The van der Waals surface area contributed by atoms with Crippen LogP contribution in [0.5, 0.6) is 11.5 Å². The molecule has 30 heavy (non-hydrogen) atoms. The Morgan fingerprint density at radius 1 is 0.800 bits per heavy atom. The minimum atomic E-state index is -4.82. The molecule has 156 valence electrons. The molecule has 0 aliphatic rings. The van der Waals surface area contributed by atoms with Gasteiger partial charge in [0.05, 0.1) is 7.11 Å². The molecule has 0 saturated heterocycles. The van der Waals surface area contributed by atoms with Gasteiger partial charge in [0.1, 0.15) is 35.8 Å². The Bertz CT molecular complexity index is 987. The van der Waals surface area contributed by atoms with Crippen molar-refractivity contribution in [2.75, 3.05) is 7.11 Å². The van der Waals surface area contributed by atoms with Crippen molar-refractivity contribution in [1.82, 2.24) is 0 Å². The molecular weight excluding hydrogens is 397 g/mol. The highest BCUT2D eigenvalue weighted by Gasteiger charge is 2.40. The van der Waals surface area contributed by atoms with Gasteiger partial charge in [-0.25, -0.2) is 4.79 Å². The Kier molecular flexibility index (Phi) is 6.61. The van der Waals surface area contributed by atoms with Crippen LogP contribution in [-0.4, -0.2) is 13.1 Å². The second-order valence-corrected chi connectivity index (χ2v) is 6.35. The smallest absolute Gasteiger partial charge is 0.423 e. The molecule has 0 heterocycles. The van der Waals surface area contributed by atoms with Gasteiger partial charge in [-0.15, -0.1) is 0 Å². The van der Waals surface area contributed by atoms with Crippen LogP contribution in [0.15, 0.2) is 72.8 Å². The molecule has 0 spiro atoms. The minimum absolute atomic E-state index is 0.0698. The number of rotatable bonds is 7. The van der Waals surface area contributed by atoms with Gasteiger partial charge in [0.25, 0.3) is 0 Å². The van der Waals surface area contributed by atoms with Crippen LogP contribution in [0, 0.1) is 0 Å². The zero-order chi connectivity index (χ0) is 21.6. The Morgan fingerprint density at radius 2 is 1.33 bits per heavy atom. The first-order valence-electron chi connectivity index (χ1n) is 9.06. The summed E-state index contributed by atoms with van der Waals surface area (Å²) in [5, 5.41) is 0. The van der Waals surface area contributed by atoms with E-state index in [1.54, 1.807) is 60.7 Å². The maximum atomic E-state index is 14.0. The van der Waals surface area contributed by atoms with Crippen molar-refractivity contribution in [3.8, 4) is 11.5 Å². The largest absolute Gasteiger partial charge is 0.488 e. The van der Waals surface area contributed by atoms with Gasteiger partial charge in [0, 0.05) is 0 Å². The number of carbonyl (C=O) groups excluding carboxylic acids is 1. The molecule has 3 rings (SSSR count). The molecule has 7 heteroatoms. The molecule has 0 bridgehead atoms. The van der Waals surface area contributed by atoms with E-state index in [2.05, 4.69) is 4.74 Å². The van der Waals surface area contributed by atoms with Crippen molar-refractivity contribution in [2.24, 2.45) is 0 Å². The number of hydrogen-bond acceptors (Lipinski definition) is 4. The molecule has 3 aromatic rings. The van der Waals surface area contributed by atoms with Crippen molar-refractivity contribution in [3.05, 3.63) is 95.1 Å². The summed E-state index contributed by atoms with van der Waals surface area (Å²) in [4.78, 5) is 12.1. The Hall–Kier alpha value is -3.48. The zero-order valence-electron chi connectivity index (χ0n) is 16.1. The van der Waals surface area contributed by atoms with E-state index >= 15 is 0 Å². The number of halogens is 3. The first-order valence-corrected chi connectivity index (χ1v) is 9.06. The molecule has 0 fully saturated rings. The van der Waals surface area contributed by atoms with Crippen LogP contribution < -0.4 is 9.47 Å². The van der Waals surface area contributed by atoms with Crippen LogP contribution in [-0.2, 0) is 24.1 Å². The van der Waals surface area contributed by atoms with E-state index in [1.807, 2.05) is 0 Å². The number of carbonyl (C=O) groups is 1. The van der Waals surface area contributed by atoms with Crippen LogP contribution in [0.1, 0.15) is 27.0 Å². The fraction of sp³-hybridized carbons (Fsp3) is 0.174. The van der Waals surface area contributed by atoms with Gasteiger partial charge in [-0.1, -0.05) is 60.7 Å². The normalized spacial score (nSPS) is 11.1. The molecule has 0 atom stereocenters. The van der Waals surface area contributed by atoms with Crippen LogP contribution in [0.2, 0.25) is 0 Å². The van der Waals surface area contributed by atoms with E-state index in [4.69, 9.17) is 9.47 Å². The minimum Gasteiger partial charge on any atom is -0.488 e. The number of ether oxygens (including phenoxy) is 3. The van der Waals surface area contributed by atoms with Gasteiger partial charge < -0.3 is 14.2 Å². The second kappa shape index (κ2) is 9.35. The van der Waals surface area contributed by atoms with E-state index in [0.717, 1.165) is 13.2 Å². The first-order chi connectivity index (χ1) is 14.4. The summed E-state index contributed by atoms with van der Waals surface area (Å²) >= 11 is 0. The Labute approximate surface area is 171 Å². The first kappa shape index (κ1) is 21.2. The molecule has 0 radical (unpaired) electrons. The zero-order valence-corrected chi connectivity index (χ0v) is 16.1. The average Bonchev–Trinajstić information content (AvgIpc) is 2.76. The summed E-state index contributed by atoms with van der Waals surface area (Å²) in [7, 11) is 1.09. The number of alkyl halides is 3. The molecule has 0 aliphatic carbocycles. The third kappa shape index (κ3) is 5.11. The Balaban J connectivity index is 2.01. The lowest BCUT2D eigenvalue weighted by Crippen LogP contribution is -2.16. The second-order valence-electron chi connectivity index (χ2n) is 6.35. The van der Waals surface area contributed by atoms with Crippen LogP contribution in [0.25, 0.3) is 0 Å². The lowest BCUT2D eigenvalue weighted by atomic mass is 10.1. The SMILES string of the molecule is COC(=O)c1ccc(OCc2ccccc2)c(C(F)(F)F)c1OCc1ccccc1. The molecule has 0 amide bonds. The van der Waals surface area contributed by atoms with Gasteiger partial charge in [-0.05, 0) is 23.3 Å². The highest BCUT2D eigenvalue weighted by atomic mass is 19.4. The van der Waals surface area contributed by atoms with Crippen molar-refractivity contribution >= 4 is 5.97 Å². The number of methoxy groups -OCH3 is 1. The van der Waals surface area contributed by atoms with Crippen LogP contribution >= 0.6 is 0 Å². The van der Waals surface area contributed by atoms with Gasteiger partial charge in [0.2, 0.25) is 0 Å². The average molecular weight is 416 g/mol. The maximum absolute atomic E-state index is 14.0. The lowest BCUT2D eigenvalue weighted by molar-refractivity contribution is -0.140. The third-order valence-electron chi connectivity index (χ3n) is 4.27. The monoisotopic (exact) mass is 416 g/mol. The summed E-state index contributed by atoms with van der Waals surface area (Å²) in [5.41, 5.74) is -0.128. The third-order valence-corrected chi connectivity index (χ3v) is 4.27. The van der Waals surface area contributed by atoms with E-state index in [-0.39, 0.29) is 18.8 Å². The van der Waals surface area contributed by atoms with E-state index < -0.39 is 29.2 Å². The highest BCUT2D eigenvalue weighted by molar-refractivity contribution is 5.93. The molecule has 0 aliphatic heterocycles. The number of esters is 1. The summed E-state index contributed by atoms with van der Waals surface area (Å²) in [6.45, 7) is -0.227. The van der Waals surface area contributed by atoms with Crippen molar-refractivity contribution in [1.29, 1.82) is 0 Å². The Morgan fingerprint density at radius 3 is 1.83 bits per heavy atom. The van der Waals surface area contributed by atoms with E-state index in [0.29, 0.717) is 11.1 Å². The van der Waals surface area contributed by atoms with Gasteiger partial charge in [0.15, 0.2) is 0 Å². The van der Waals surface area contributed by atoms with Gasteiger partial charge >= 0.3 is 12.1 Å². The quantitative estimate of drug-likeness (QED) is 0.467. The molecule has 3 aromatic carbocycles. The predicted octanol–water partition coefficient (Wildman–Crippen LogP) is 5.65. The predicted molar refractivity (Wildman–Crippen MR) is 104 cm³/mol. The molecule has 0 aromatic heterocycles. The molecule has 0 N–H and O–H groups in total. The summed E-state index contributed by atoms with van der Waals surface area (Å²) in [5.74, 6) is -1.98. The number of benzene rings is 3. The summed E-state index contributed by atoms with van der Waals surface area (Å²) < 4.78 is 57.6. The molecule has 0 saturated carbocycles. The maximum Gasteiger partial charge on any atom is 0.423 e. The number of hydrogen-bond donors (Lipinski definition) is 0. The highest BCUT2D eigenvalue weighted by Crippen LogP contribution is 2.45. The fourth-order valence-corrected chi connectivity index (χ4v) is 2.84. The molecule has 0 unspecified atom stereocenters.